The number of pyridine rings is 1. The fourth-order valence-electron chi connectivity index (χ4n) is 2.28. The molecule has 0 fully saturated rings. The number of benzene rings is 1. The van der Waals surface area contributed by atoms with E-state index in [0.717, 1.165) is 11.1 Å². The molecule has 0 radical (unpaired) electrons. The van der Waals surface area contributed by atoms with Crippen molar-refractivity contribution in [1.29, 1.82) is 0 Å². The molecule has 3 aromatic rings. The lowest BCUT2D eigenvalue weighted by molar-refractivity contribution is 0.0468. The minimum absolute atomic E-state index is 0.137. The van der Waals surface area contributed by atoms with Crippen molar-refractivity contribution in [2.45, 2.75) is 13.5 Å². The number of carbonyl (C=O) groups excluding carboxylic acids is 1. The average Bonchev–Trinajstić information content (AvgIpc) is 2.80. The Morgan fingerprint density at radius 2 is 2.17 bits per heavy atom. The van der Waals surface area contributed by atoms with Crippen LogP contribution in [-0.4, -0.2) is 20.7 Å². The Morgan fingerprint density at radius 3 is 2.91 bits per heavy atom. The van der Waals surface area contributed by atoms with Crippen molar-refractivity contribution in [3.8, 4) is 0 Å². The number of aryl methyl sites for hydroxylation is 2. The predicted octanol–water partition coefficient (Wildman–Crippen LogP) is 3.54. The molecule has 0 unspecified atom stereocenters. The molecule has 118 valence electrons. The maximum atomic E-state index is 13.7. The van der Waals surface area contributed by atoms with E-state index in [0.29, 0.717) is 21.2 Å². The van der Waals surface area contributed by atoms with Crippen molar-refractivity contribution in [3.63, 3.8) is 0 Å². The first-order valence-electron chi connectivity index (χ1n) is 6.86. The molecule has 0 aliphatic carbocycles. The van der Waals surface area contributed by atoms with Crippen molar-refractivity contribution in [2.75, 3.05) is 0 Å². The van der Waals surface area contributed by atoms with Gasteiger partial charge in [-0.15, -0.1) is 0 Å². The number of hydrogen-bond donors (Lipinski definition) is 0. The van der Waals surface area contributed by atoms with E-state index in [1.54, 1.807) is 29.9 Å². The van der Waals surface area contributed by atoms with E-state index in [-0.39, 0.29) is 6.61 Å². The predicted molar refractivity (Wildman–Crippen MR) is 86.5 cm³/mol. The highest BCUT2D eigenvalue weighted by Gasteiger charge is 2.14. The Bertz CT molecular complexity index is 908. The zero-order valence-corrected chi connectivity index (χ0v) is 14.1. The maximum Gasteiger partial charge on any atom is 0.340 e. The van der Waals surface area contributed by atoms with Crippen LogP contribution >= 0.6 is 15.9 Å². The molecule has 0 spiro atoms. The molecule has 0 amide bonds. The van der Waals surface area contributed by atoms with Gasteiger partial charge in [-0.3, -0.25) is 4.68 Å². The lowest BCUT2D eigenvalue weighted by atomic mass is 10.2. The number of nitrogens with zero attached hydrogens (tertiary/aromatic N) is 3. The Hall–Kier alpha value is -2.28. The zero-order valence-electron chi connectivity index (χ0n) is 12.5. The van der Waals surface area contributed by atoms with Crippen molar-refractivity contribution in [3.05, 3.63) is 57.6 Å². The van der Waals surface area contributed by atoms with E-state index in [2.05, 4.69) is 26.0 Å². The summed E-state index contributed by atoms with van der Waals surface area (Å²) < 4.78 is 21.2. The van der Waals surface area contributed by atoms with Gasteiger partial charge in [-0.2, -0.15) is 5.10 Å². The second-order valence-electron chi connectivity index (χ2n) is 5.12. The molecule has 7 heteroatoms. The first-order valence-corrected chi connectivity index (χ1v) is 7.65. The Kier molecular flexibility index (Phi) is 4.12. The van der Waals surface area contributed by atoms with Crippen LogP contribution in [0.1, 0.15) is 21.6 Å². The topological polar surface area (TPSA) is 57.0 Å². The fraction of sp³-hybridized carbons (Fsp3) is 0.188. The van der Waals surface area contributed by atoms with Gasteiger partial charge in [-0.25, -0.2) is 14.2 Å². The van der Waals surface area contributed by atoms with E-state index in [4.69, 9.17) is 4.74 Å². The smallest absolute Gasteiger partial charge is 0.340 e. The standard InChI is InChI=1S/C16H13BrFN3O2/c1-9-13-5-11(7-19-15(13)21(2)20-9)16(22)23-8-10-3-4-12(17)6-14(10)18/h3-7H,8H2,1-2H3. The average molecular weight is 378 g/mol. The van der Waals surface area contributed by atoms with Crippen LogP contribution in [0.5, 0.6) is 0 Å². The molecule has 2 aromatic heterocycles. The molecule has 0 saturated carbocycles. The highest BCUT2D eigenvalue weighted by molar-refractivity contribution is 9.10. The quantitative estimate of drug-likeness (QED) is 0.655. The minimum Gasteiger partial charge on any atom is -0.457 e. The van der Waals surface area contributed by atoms with Crippen LogP contribution in [0.15, 0.2) is 34.9 Å². The van der Waals surface area contributed by atoms with Crippen LogP contribution in [0.25, 0.3) is 11.0 Å². The molecule has 0 N–H and O–H groups in total. The van der Waals surface area contributed by atoms with Gasteiger partial charge in [0.15, 0.2) is 5.65 Å². The van der Waals surface area contributed by atoms with Crippen molar-refractivity contribution < 1.29 is 13.9 Å². The lowest BCUT2D eigenvalue weighted by Gasteiger charge is -2.06. The van der Waals surface area contributed by atoms with E-state index < -0.39 is 11.8 Å². The van der Waals surface area contributed by atoms with Crippen molar-refractivity contribution in [1.82, 2.24) is 14.8 Å². The third-order valence-electron chi connectivity index (χ3n) is 3.47. The number of ether oxygens (including phenoxy) is 1. The van der Waals surface area contributed by atoms with E-state index in [9.17, 15) is 9.18 Å². The molecular weight excluding hydrogens is 365 g/mol. The third-order valence-corrected chi connectivity index (χ3v) is 3.97. The summed E-state index contributed by atoms with van der Waals surface area (Å²) in [6.07, 6.45) is 1.43. The van der Waals surface area contributed by atoms with Crippen LogP contribution in [0.2, 0.25) is 0 Å². The van der Waals surface area contributed by atoms with Crippen LogP contribution in [-0.2, 0) is 18.4 Å². The van der Waals surface area contributed by atoms with E-state index in [1.165, 1.54) is 12.3 Å². The number of esters is 1. The number of carbonyl (C=O) groups is 1. The zero-order chi connectivity index (χ0) is 16.6. The molecule has 1 aromatic carbocycles. The van der Waals surface area contributed by atoms with Gasteiger partial charge in [-0.05, 0) is 25.1 Å². The van der Waals surface area contributed by atoms with Crippen molar-refractivity contribution in [2.24, 2.45) is 7.05 Å². The minimum atomic E-state index is -0.551. The largest absolute Gasteiger partial charge is 0.457 e. The van der Waals surface area contributed by atoms with Gasteiger partial charge in [-0.1, -0.05) is 22.0 Å². The van der Waals surface area contributed by atoms with Gasteiger partial charge < -0.3 is 4.74 Å². The second-order valence-corrected chi connectivity index (χ2v) is 6.03. The monoisotopic (exact) mass is 377 g/mol. The van der Waals surface area contributed by atoms with Gasteiger partial charge in [0.1, 0.15) is 12.4 Å². The molecule has 0 atom stereocenters. The summed E-state index contributed by atoms with van der Waals surface area (Å²) in [4.78, 5) is 16.4. The summed E-state index contributed by atoms with van der Waals surface area (Å²) in [6.45, 7) is 1.71. The van der Waals surface area contributed by atoms with Gasteiger partial charge in [0, 0.05) is 28.7 Å². The molecule has 2 heterocycles. The Morgan fingerprint density at radius 1 is 1.39 bits per heavy atom. The van der Waals surface area contributed by atoms with E-state index >= 15 is 0 Å². The Balaban J connectivity index is 1.79. The summed E-state index contributed by atoms with van der Waals surface area (Å²) in [5, 5.41) is 5.04. The lowest BCUT2D eigenvalue weighted by Crippen LogP contribution is -2.07. The van der Waals surface area contributed by atoms with Crippen molar-refractivity contribution >= 4 is 32.9 Å². The molecule has 0 saturated heterocycles. The molecule has 5 nitrogen and oxygen atoms in total. The SMILES string of the molecule is Cc1nn(C)c2ncc(C(=O)OCc3ccc(Br)cc3F)cc12. The van der Waals surface area contributed by atoms with Crippen LogP contribution in [0.3, 0.4) is 0 Å². The molecule has 3 rings (SSSR count). The molecule has 0 aliphatic heterocycles. The first-order chi connectivity index (χ1) is 11.0. The van der Waals surface area contributed by atoms with Crippen LogP contribution in [0, 0.1) is 12.7 Å². The summed E-state index contributed by atoms with van der Waals surface area (Å²) in [7, 11) is 1.79. The van der Waals surface area contributed by atoms with Gasteiger partial charge in [0.25, 0.3) is 0 Å². The van der Waals surface area contributed by atoms with E-state index in [1.807, 2.05) is 6.92 Å². The molecule has 0 bridgehead atoms. The third kappa shape index (κ3) is 3.10. The number of rotatable bonds is 3. The van der Waals surface area contributed by atoms with Gasteiger partial charge in [0.2, 0.25) is 0 Å². The summed E-state index contributed by atoms with van der Waals surface area (Å²) in [6, 6.07) is 6.28. The summed E-state index contributed by atoms with van der Waals surface area (Å²) in [5.74, 6) is -0.978. The number of hydrogen-bond acceptors (Lipinski definition) is 4. The van der Waals surface area contributed by atoms with Crippen LogP contribution < -0.4 is 0 Å². The fourth-order valence-corrected chi connectivity index (χ4v) is 2.62. The molecule has 23 heavy (non-hydrogen) atoms. The summed E-state index contributed by atoms with van der Waals surface area (Å²) >= 11 is 3.18. The molecular formula is C16H13BrFN3O2. The highest BCUT2D eigenvalue weighted by atomic mass is 79.9. The molecule has 0 aliphatic rings. The van der Waals surface area contributed by atoms with Gasteiger partial charge in [0.05, 0.1) is 11.3 Å². The number of aromatic nitrogens is 3. The normalized spacial score (nSPS) is 11.0. The Labute approximate surface area is 140 Å². The maximum absolute atomic E-state index is 13.7. The van der Waals surface area contributed by atoms with Crippen LogP contribution in [0.4, 0.5) is 4.39 Å². The number of fused-ring (bicyclic) bond motifs is 1. The first kappa shape index (κ1) is 15.6. The highest BCUT2D eigenvalue weighted by Crippen LogP contribution is 2.19. The summed E-state index contributed by atoms with van der Waals surface area (Å²) in [5.41, 5.74) is 2.10. The number of halogens is 2. The second kappa shape index (κ2) is 6.08. The van der Waals surface area contributed by atoms with Gasteiger partial charge >= 0.3 is 5.97 Å².